The van der Waals surface area contributed by atoms with E-state index in [4.69, 9.17) is 15.2 Å². The van der Waals surface area contributed by atoms with Crippen LogP contribution in [0, 0.1) is 0 Å². The average Bonchev–Trinajstić information content (AvgIpc) is 3.10. The molecule has 3 rings (SSSR count). The van der Waals surface area contributed by atoms with Gasteiger partial charge in [-0.1, -0.05) is 18.2 Å². The Hall–Kier alpha value is -3.40. The van der Waals surface area contributed by atoms with Crippen LogP contribution in [0.25, 0.3) is 0 Å². The molecule has 9 nitrogen and oxygen atoms in total. The largest absolute Gasteiger partial charge is 0.516 e. The second-order valence-electron chi connectivity index (χ2n) is 7.10. The van der Waals surface area contributed by atoms with Crippen molar-refractivity contribution in [3.63, 3.8) is 0 Å². The number of carbonyl (C=O) groups is 4. The molecule has 0 aliphatic carbocycles. The number of nitrogens with two attached hydrogens (primary N) is 1. The minimum Gasteiger partial charge on any atom is -0.429 e. The molecule has 1 aliphatic rings. The molecule has 1 aliphatic heterocycles. The van der Waals surface area contributed by atoms with Crippen LogP contribution < -0.4 is 5.73 Å². The van der Waals surface area contributed by atoms with Crippen molar-refractivity contribution in [2.45, 2.75) is 42.6 Å². The van der Waals surface area contributed by atoms with Crippen LogP contribution in [0.1, 0.15) is 31.2 Å². The van der Waals surface area contributed by atoms with E-state index in [0.717, 1.165) is 0 Å². The van der Waals surface area contributed by atoms with Gasteiger partial charge in [0.05, 0.1) is 5.03 Å². The number of ether oxygens (including phenoxy) is 2. The summed E-state index contributed by atoms with van der Waals surface area (Å²) in [5.74, 6) is -1.20. The average molecular weight is 458 g/mol. The van der Waals surface area contributed by atoms with E-state index in [1.54, 1.807) is 42.6 Å². The van der Waals surface area contributed by atoms with Crippen molar-refractivity contribution in [3.8, 4) is 0 Å². The highest BCUT2D eigenvalue weighted by atomic mass is 32.2. The van der Waals surface area contributed by atoms with Crippen molar-refractivity contribution in [1.29, 1.82) is 0 Å². The number of benzene rings is 1. The number of thioether (sulfide) groups is 1. The Balaban J connectivity index is 1.50. The predicted molar refractivity (Wildman–Crippen MR) is 116 cm³/mol. The fourth-order valence-electron chi connectivity index (χ4n) is 3.01. The Morgan fingerprint density at radius 3 is 2.47 bits per heavy atom. The smallest absolute Gasteiger partial charge is 0.429 e. The number of rotatable bonds is 9. The van der Waals surface area contributed by atoms with Crippen LogP contribution in [0.2, 0.25) is 0 Å². The summed E-state index contributed by atoms with van der Waals surface area (Å²) >= 11 is 1.36. The molecule has 2 heterocycles. The van der Waals surface area contributed by atoms with E-state index in [0.29, 0.717) is 16.3 Å². The standard InChI is InChI=1S/C22H23N3O6S/c23-16-6-4-15(5-7-16)14-30-22(29)31-21(28)11-8-17(32-18-3-1-2-12-24-18)13-25-19(26)9-10-20(25)27/h1-7,12,17H,8-11,13-14,23H2. The first-order valence-electron chi connectivity index (χ1n) is 10.0. The molecule has 32 heavy (non-hydrogen) atoms. The molecule has 0 bridgehead atoms. The van der Waals surface area contributed by atoms with Gasteiger partial charge in [-0.15, -0.1) is 11.8 Å². The first-order valence-corrected chi connectivity index (χ1v) is 10.9. The molecule has 168 valence electrons. The quantitative estimate of drug-likeness (QED) is 0.199. The zero-order valence-corrected chi connectivity index (χ0v) is 18.1. The summed E-state index contributed by atoms with van der Waals surface area (Å²) in [5, 5.41) is 0.419. The highest BCUT2D eigenvalue weighted by Gasteiger charge is 2.31. The van der Waals surface area contributed by atoms with E-state index in [-0.39, 0.29) is 55.9 Å². The summed E-state index contributed by atoms with van der Waals surface area (Å²) in [6.45, 7) is 0.109. The fraction of sp³-hybridized carbons (Fsp3) is 0.318. The lowest BCUT2D eigenvalue weighted by molar-refractivity contribution is -0.140. The van der Waals surface area contributed by atoms with Gasteiger partial charge in [0.25, 0.3) is 0 Å². The fourth-order valence-corrected chi connectivity index (χ4v) is 4.09. The van der Waals surface area contributed by atoms with Crippen molar-refractivity contribution in [1.82, 2.24) is 9.88 Å². The van der Waals surface area contributed by atoms with Crippen molar-refractivity contribution in [2.75, 3.05) is 12.3 Å². The number of nitrogen functional groups attached to an aromatic ring is 1. The van der Waals surface area contributed by atoms with E-state index >= 15 is 0 Å². The molecule has 1 aromatic carbocycles. The number of esters is 1. The van der Waals surface area contributed by atoms with E-state index in [2.05, 4.69) is 4.98 Å². The lowest BCUT2D eigenvalue weighted by Crippen LogP contribution is -2.35. The summed E-state index contributed by atoms with van der Waals surface area (Å²) in [6.07, 6.45) is 1.13. The Morgan fingerprint density at radius 2 is 1.81 bits per heavy atom. The molecule has 2 N–H and O–H groups in total. The van der Waals surface area contributed by atoms with Crippen LogP contribution in [0.3, 0.4) is 0 Å². The van der Waals surface area contributed by atoms with Gasteiger partial charge in [-0.3, -0.25) is 19.3 Å². The molecule has 10 heteroatoms. The van der Waals surface area contributed by atoms with Gasteiger partial charge in [-0.05, 0) is 36.2 Å². The Kier molecular flexibility index (Phi) is 8.20. The molecule has 1 fully saturated rings. The third kappa shape index (κ3) is 7.09. The monoisotopic (exact) mass is 457 g/mol. The topological polar surface area (TPSA) is 129 Å². The molecule has 1 saturated heterocycles. The molecular formula is C22H23N3O6S. The number of hydrogen-bond donors (Lipinski definition) is 1. The summed E-state index contributed by atoms with van der Waals surface area (Å²) in [7, 11) is 0. The van der Waals surface area contributed by atoms with Crippen LogP contribution in [-0.4, -0.2) is 45.6 Å². The number of amides is 2. The second-order valence-corrected chi connectivity index (χ2v) is 8.42. The summed E-state index contributed by atoms with van der Waals surface area (Å²) in [6, 6.07) is 12.1. The number of anilines is 1. The van der Waals surface area contributed by atoms with Crippen LogP contribution in [0.4, 0.5) is 10.5 Å². The van der Waals surface area contributed by atoms with E-state index in [1.165, 1.54) is 16.7 Å². The summed E-state index contributed by atoms with van der Waals surface area (Å²) in [4.78, 5) is 53.3. The van der Waals surface area contributed by atoms with E-state index in [1.807, 2.05) is 6.07 Å². The van der Waals surface area contributed by atoms with Crippen LogP contribution in [0.5, 0.6) is 0 Å². The van der Waals surface area contributed by atoms with Crippen molar-refractivity contribution in [3.05, 3.63) is 54.2 Å². The molecule has 0 spiro atoms. The minimum atomic E-state index is -1.09. The molecule has 0 radical (unpaired) electrons. The van der Waals surface area contributed by atoms with Crippen molar-refractivity contribution >= 4 is 41.4 Å². The van der Waals surface area contributed by atoms with Crippen LogP contribution in [0.15, 0.2) is 53.7 Å². The minimum absolute atomic E-state index is 0.0519. The second kappa shape index (κ2) is 11.3. The van der Waals surface area contributed by atoms with E-state index in [9.17, 15) is 19.2 Å². The van der Waals surface area contributed by atoms with Gasteiger partial charge in [-0.2, -0.15) is 0 Å². The normalized spacial score (nSPS) is 14.3. The molecule has 2 amide bonds. The lowest BCUT2D eigenvalue weighted by Gasteiger charge is -2.21. The number of aromatic nitrogens is 1. The zero-order chi connectivity index (χ0) is 22.9. The van der Waals surface area contributed by atoms with Crippen LogP contribution in [-0.2, 0) is 30.5 Å². The Bertz CT molecular complexity index is 951. The predicted octanol–water partition coefficient (Wildman–Crippen LogP) is 2.93. The molecule has 1 atom stereocenters. The third-order valence-electron chi connectivity index (χ3n) is 4.67. The molecule has 1 aromatic heterocycles. The first kappa shape index (κ1) is 23.3. The van der Waals surface area contributed by atoms with E-state index < -0.39 is 12.1 Å². The van der Waals surface area contributed by atoms with Gasteiger partial charge in [0, 0.05) is 42.9 Å². The molecule has 2 aromatic rings. The number of hydrogen-bond acceptors (Lipinski definition) is 9. The summed E-state index contributed by atoms with van der Waals surface area (Å²) in [5.41, 5.74) is 6.89. The number of likely N-dealkylation sites (tertiary alicyclic amines) is 1. The van der Waals surface area contributed by atoms with Gasteiger partial charge >= 0.3 is 12.1 Å². The van der Waals surface area contributed by atoms with Crippen molar-refractivity contribution < 1.29 is 28.7 Å². The maximum absolute atomic E-state index is 12.1. The number of nitrogens with zero attached hydrogens (tertiary/aromatic N) is 2. The maximum atomic E-state index is 12.1. The lowest BCUT2D eigenvalue weighted by atomic mass is 10.2. The van der Waals surface area contributed by atoms with Gasteiger partial charge in [0.1, 0.15) is 6.61 Å². The number of carbonyl (C=O) groups excluding carboxylic acids is 4. The first-order chi connectivity index (χ1) is 15.4. The van der Waals surface area contributed by atoms with Gasteiger partial charge in [0.2, 0.25) is 11.8 Å². The molecule has 1 unspecified atom stereocenters. The SMILES string of the molecule is Nc1ccc(COC(=O)OC(=O)CCC(CN2C(=O)CCC2=O)Sc2ccccn2)cc1. The Morgan fingerprint density at radius 1 is 1.09 bits per heavy atom. The highest BCUT2D eigenvalue weighted by molar-refractivity contribution is 7.99. The number of pyridine rings is 1. The Labute approximate surface area is 189 Å². The molecule has 0 saturated carbocycles. The molecular weight excluding hydrogens is 434 g/mol. The third-order valence-corrected chi connectivity index (χ3v) is 5.87. The summed E-state index contributed by atoms with van der Waals surface area (Å²) < 4.78 is 9.65. The highest BCUT2D eigenvalue weighted by Crippen LogP contribution is 2.27. The van der Waals surface area contributed by atoms with Crippen molar-refractivity contribution in [2.24, 2.45) is 0 Å². The van der Waals surface area contributed by atoms with Gasteiger partial charge in [-0.25, -0.2) is 9.78 Å². The maximum Gasteiger partial charge on any atom is 0.516 e. The van der Waals surface area contributed by atoms with Gasteiger partial charge < -0.3 is 15.2 Å². The number of imide groups is 1. The van der Waals surface area contributed by atoms with Crippen LogP contribution >= 0.6 is 11.8 Å². The zero-order valence-electron chi connectivity index (χ0n) is 17.3. The van der Waals surface area contributed by atoms with Gasteiger partial charge in [0.15, 0.2) is 0 Å².